The van der Waals surface area contributed by atoms with Gasteiger partial charge in [-0.2, -0.15) is 0 Å². The van der Waals surface area contributed by atoms with Gasteiger partial charge in [-0.05, 0) is 36.4 Å². The van der Waals surface area contributed by atoms with Crippen LogP contribution in [0.4, 0.5) is 5.69 Å². The molecule has 136 valence electrons. The number of benzene rings is 3. The number of furan rings is 1. The van der Waals surface area contributed by atoms with E-state index in [1.165, 1.54) is 25.3 Å². The lowest BCUT2D eigenvalue weighted by Crippen LogP contribution is -2.29. The quantitative estimate of drug-likeness (QED) is 0.390. The van der Waals surface area contributed by atoms with Crippen LogP contribution in [0.25, 0.3) is 21.9 Å². The average Bonchev–Trinajstić information content (AvgIpc) is 3.21. The number of anilines is 1. The van der Waals surface area contributed by atoms with Crippen molar-refractivity contribution in [1.29, 1.82) is 0 Å². The SMILES string of the molecule is COC(=O)c1ccc2c(c1)C(=O)N(c1ccc3c(c1)oc1ccccc13)C2=O. The summed E-state index contributed by atoms with van der Waals surface area (Å²) in [5.74, 6) is -1.49. The first kappa shape index (κ1) is 16.3. The third kappa shape index (κ3) is 2.18. The Labute approximate surface area is 158 Å². The molecule has 0 bridgehead atoms. The van der Waals surface area contributed by atoms with Gasteiger partial charge in [0.05, 0.1) is 29.5 Å². The van der Waals surface area contributed by atoms with Crippen LogP contribution in [0.5, 0.6) is 0 Å². The zero-order chi connectivity index (χ0) is 19.4. The molecule has 3 aromatic carbocycles. The van der Waals surface area contributed by atoms with Gasteiger partial charge in [0, 0.05) is 16.8 Å². The summed E-state index contributed by atoms with van der Waals surface area (Å²) in [6.45, 7) is 0. The van der Waals surface area contributed by atoms with Crippen molar-refractivity contribution in [2.24, 2.45) is 0 Å². The van der Waals surface area contributed by atoms with E-state index in [1.807, 2.05) is 30.3 Å². The van der Waals surface area contributed by atoms with Crippen LogP contribution >= 0.6 is 0 Å². The highest BCUT2D eigenvalue weighted by molar-refractivity contribution is 6.35. The second-order valence-corrected chi connectivity index (χ2v) is 6.48. The minimum absolute atomic E-state index is 0.178. The van der Waals surface area contributed by atoms with E-state index in [0.717, 1.165) is 21.3 Å². The first-order valence-electron chi connectivity index (χ1n) is 8.61. The molecule has 6 heteroatoms. The van der Waals surface area contributed by atoms with Gasteiger partial charge in [-0.25, -0.2) is 9.69 Å². The van der Waals surface area contributed by atoms with E-state index in [2.05, 4.69) is 4.74 Å². The molecule has 0 fully saturated rings. The Morgan fingerprint density at radius 2 is 1.61 bits per heavy atom. The lowest BCUT2D eigenvalue weighted by molar-refractivity contribution is 0.0600. The van der Waals surface area contributed by atoms with E-state index < -0.39 is 17.8 Å². The number of esters is 1. The Morgan fingerprint density at radius 1 is 0.857 bits per heavy atom. The molecule has 0 unspecified atom stereocenters. The molecule has 0 saturated heterocycles. The highest BCUT2D eigenvalue weighted by Crippen LogP contribution is 2.34. The molecule has 0 saturated carbocycles. The molecule has 6 nitrogen and oxygen atoms in total. The Balaban J connectivity index is 1.61. The molecule has 0 atom stereocenters. The molecule has 1 aromatic heterocycles. The number of ether oxygens (including phenoxy) is 1. The minimum atomic E-state index is -0.565. The second kappa shape index (κ2) is 5.79. The lowest BCUT2D eigenvalue weighted by atomic mass is 10.1. The van der Waals surface area contributed by atoms with Gasteiger partial charge < -0.3 is 9.15 Å². The molecule has 0 aliphatic carbocycles. The van der Waals surface area contributed by atoms with Crippen molar-refractivity contribution in [3.63, 3.8) is 0 Å². The molecule has 0 N–H and O–H groups in total. The molecule has 1 aliphatic heterocycles. The van der Waals surface area contributed by atoms with Crippen LogP contribution in [0.2, 0.25) is 0 Å². The maximum Gasteiger partial charge on any atom is 0.337 e. The number of carbonyl (C=O) groups is 3. The topological polar surface area (TPSA) is 76.8 Å². The van der Waals surface area contributed by atoms with Gasteiger partial charge in [0.15, 0.2) is 0 Å². The molecule has 0 spiro atoms. The van der Waals surface area contributed by atoms with Gasteiger partial charge in [-0.3, -0.25) is 9.59 Å². The fourth-order valence-electron chi connectivity index (χ4n) is 3.57. The predicted octanol–water partition coefficient (Wildman–Crippen LogP) is 4.17. The molecule has 5 rings (SSSR count). The molecular formula is C22H13NO5. The number of para-hydroxylation sites is 1. The van der Waals surface area contributed by atoms with Crippen molar-refractivity contribution < 1.29 is 23.5 Å². The molecular weight excluding hydrogens is 358 g/mol. The lowest BCUT2D eigenvalue weighted by Gasteiger charge is -2.13. The van der Waals surface area contributed by atoms with Crippen molar-refractivity contribution >= 4 is 45.4 Å². The van der Waals surface area contributed by atoms with Crippen LogP contribution in [0.3, 0.4) is 0 Å². The number of fused-ring (bicyclic) bond motifs is 4. The number of imide groups is 1. The van der Waals surface area contributed by atoms with E-state index in [9.17, 15) is 14.4 Å². The third-order valence-electron chi connectivity index (χ3n) is 4.93. The summed E-state index contributed by atoms with van der Waals surface area (Å²) in [7, 11) is 1.26. The maximum atomic E-state index is 12.9. The number of amides is 2. The summed E-state index contributed by atoms with van der Waals surface area (Å²) in [6.07, 6.45) is 0. The number of carbonyl (C=O) groups excluding carboxylic acids is 3. The van der Waals surface area contributed by atoms with Crippen molar-refractivity contribution in [2.75, 3.05) is 12.0 Å². The van der Waals surface area contributed by atoms with E-state index in [0.29, 0.717) is 11.3 Å². The smallest absolute Gasteiger partial charge is 0.337 e. The summed E-state index contributed by atoms with van der Waals surface area (Å²) in [4.78, 5) is 38.6. The van der Waals surface area contributed by atoms with Crippen LogP contribution in [-0.4, -0.2) is 24.9 Å². The molecule has 2 heterocycles. The van der Waals surface area contributed by atoms with E-state index in [-0.39, 0.29) is 16.7 Å². The summed E-state index contributed by atoms with van der Waals surface area (Å²) < 4.78 is 10.5. The monoisotopic (exact) mass is 371 g/mol. The molecule has 28 heavy (non-hydrogen) atoms. The van der Waals surface area contributed by atoms with Crippen LogP contribution in [0.15, 0.2) is 65.1 Å². The number of methoxy groups -OCH3 is 1. The Kier molecular flexibility index (Phi) is 3.36. The fourth-order valence-corrected chi connectivity index (χ4v) is 3.57. The predicted molar refractivity (Wildman–Crippen MR) is 103 cm³/mol. The highest BCUT2D eigenvalue weighted by atomic mass is 16.5. The number of hydrogen-bond donors (Lipinski definition) is 0. The zero-order valence-corrected chi connectivity index (χ0v) is 14.8. The maximum absolute atomic E-state index is 12.9. The van der Waals surface area contributed by atoms with Crippen LogP contribution in [-0.2, 0) is 4.74 Å². The minimum Gasteiger partial charge on any atom is -0.465 e. The summed E-state index contributed by atoms with van der Waals surface area (Å²) in [5.41, 5.74) is 2.39. The fraction of sp³-hybridized carbons (Fsp3) is 0.0455. The van der Waals surface area contributed by atoms with Gasteiger partial charge in [0.25, 0.3) is 11.8 Å². The van der Waals surface area contributed by atoms with Crippen molar-refractivity contribution in [1.82, 2.24) is 0 Å². The number of hydrogen-bond acceptors (Lipinski definition) is 5. The van der Waals surface area contributed by atoms with E-state index in [4.69, 9.17) is 4.42 Å². The Hall–Kier alpha value is -3.93. The average molecular weight is 371 g/mol. The highest BCUT2D eigenvalue weighted by Gasteiger charge is 2.37. The van der Waals surface area contributed by atoms with E-state index in [1.54, 1.807) is 12.1 Å². The van der Waals surface area contributed by atoms with Gasteiger partial charge in [-0.1, -0.05) is 18.2 Å². The van der Waals surface area contributed by atoms with Crippen molar-refractivity contribution in [3.8, 4) is 0 Å². The normalized spacial score (nSPS) is 13.4. The zero-order valence-electron chi connectivity index (χ0n) is 14.8. The Morgan fingerprint density at radius 3 is 2.43 bits per heavy atom. The van der Waals surface area contributed by atoms with E-state index >= 15 is 0 Å². The Bertz CT molecular complexity index is 1320. The molecule has 2 amide bonds. The van der Waals surface area contributed by atoms with Crippen molar-refractivity contribution in [3.05, 3.63) is 77.4 Å². The van der Waals surface area contributed by atoms with Crippen LogP contribution < -0.4 is 4.90 Å². The number of rotatable bonds is 2. The van der Waals surface area contributed by atoms with Crippen molar-refractivity contribution in [2.45, 2.75) is 0 Å². The van der Waals surface area contributed by atoms with Crippen LogP contribution in [0, 0.1) is 0 Å². The van der Waals surface area contributed by atoms with Gasteiger partial charge >= 0.3 is 5.97 Å². The molecule has 1 aliphatic rings. The first-order chi connectivity index (χ1) is 13.6. The largest absolute Gasteiger partial charge is 0.465 e. The van der Waals surface area contributed by atoms with Crippen LogP contribution in [0.1, 0.15) is 31.1 Å². The van der Waals surface area contributed by atoms with Gasteiger partial charge in [0.2, 0.25) is 0 Å². The summed E-state index contributed by atoms with van der Waals surface area (Å²) in [6, 6.07) is 17.2. The summed E-state index contributed by atoms with van der Waals surface area (Å²) in [5, 5.41) is 1.87. The summed E-state index contributed by atoms with van der Waals surface area (Å²) >= 11 is 0. The first-order valence-corrected chi connectivity index (χ1v) is 8.61. The third-order valence-corrected chi connectivity index (χ3v) is 4.93. The second-order valence-electron chi connectivity index (χ2n) is 6.48. The van der Waals surface area contributed by atoms with Gasteiger partial charge in [-0.15, -0.1) is 0 Å². The standard InChI is InChI=1S/C22H13NO5/c1-27-22(26)12-6-8-16-17(10-12)21(25)23(20(16)24)13-7-9-15-14-4-2-3-5-18(14)28-19(15)11-13/h2-11H,1H3. The number of nitrogens with zero attached hydrogens (tertiary/aromatic N) is 1. The molecule has 4 aromatic rings. The van der Waals surface area contributed by atoms with Gasteiger partial charge in [0.1, 0.15) is 11.2 Å². The molecule has 0 radical (unpaired) electrons.